The zero-order valence-corrected chi connectivity index (χ0v) is 7.98. The van der Waals surface area contributed by atoms with Crippen LogP contribution in [0.5, 0.6) is 5.75 Å². The molecule has 1 aromatic carbocycles. The zero-order chi connectivity index (χ0) is 21.0. The fraction of sp³-hybridized carbons (Fsp3) is 0.417. The lowest BCUT2D eigenvalue weighted by molar-refractivity contribution is 0.105. The van der Waals surface area contributed by atoms with E-state index in [0.717, 1.165) is 18.2 Å². The van der Waals surface area contributed by atoms with E-state index in [1.54, 1.807) is 0 Å². The smallest absolute Gasteiger partial charge is 0.407 e. The topological polar surface area (TPSA) is 47.6 Å². The molecule has 1 aliphatic heterocycles. The van der Waals surface area contributed by atoms with Crippen molar-refractivity contribution in [2.45, 2.75) is 19.8 Å². The van der Waals surface area contributed by atoms with Gasteiger partial charge < -0.3 is 14.8 Å². The van der Waals surface area contributed by atoms with Crippen LogP contribution in [0.3, 0.4) is 0 Å². The molecule has 0 radical (unpaired) electrons. The molecule has 86 valence electrons. The van der Waals surface area contributed by atoms with E-state index in [1.807, 2.05) is 0 Å². The number of amides is 1. The molecule has 4 heteroatoms. The van der Waals surface area contributed by atoms with Crippen molar-refractivity contribution in [3.63, 3.8) is 0 Å². The van der Waals surface area contributed by atoms with Gasteiger partial charge in [-0.25, -0.2) is 4.79 Å². The minimum absolute atomic E-state index is 0.189. The summed E-state index contributed by atoms with van der Waals surface area (Å²) in [7, 11) is 0. The fourth-order valence-electron chi connectivity index (χ4n) is 1.09. The summed E-state index contributed by atoms with van der Waals surface area (Å²) in [6.45, 7) is -11.3. The molecule has 1 aromatic rings. The Morgan fingerprint density at radius 2 is 2.44 bits per heavy atom. The summed E-state index contributed by atoms with van der Waals surface area (Å²) in [6, 6.07) is 2.71. The Bertz CT molecular complexity index is 711. The van der Waals surface area contributed by atoms with Gasteiger partial charge in [0.1, 0.15) is 12.3 Å². The van der Waals surface area contributed by atoms with Crippen molar-refractivity contribution >= 4 is 6.09 Å². The van der Waals surface area contributed by atoms with Crippen LogP contribution in [0.2, 0.25) is 1.41 Å². The number of cyclic esters (lactones) is 1. The molecule has 0 spiro atoms. The summed E-state index contributed by atoms with van der Waals surface area (Å²) < 4.78 is 92.4. The van der Waals surface area contributed by atoms with Crippen LogP contribution in [0, 0.1) is 13.7 Å². The summed E-state index contributed by atoms with van der Waals surface area (Å²) in [6.07, 6.45) is -3.61. The Morgan fingerprint density at radius 3 is 3.00 bits per heavy atom. The van der Waals surface area contributed by atoms with Gasteiger partial charge in [0.05, 0.1) is 12.0 Å². The third-order valence-electron chi connectivity index (χ3n) is 1.68. The lowest BCUT2D eigenvalue weighted by atomic mass is 10.1. The number of hydrogen-bond donors (Lipinski definition) is 1. The van der Waals surface area contributed by atoms with Crippen molar-refractivity contribution in [2.24, 2.45) is 0 Å². The van der Waals surface area contributed by atoms with E-state index >= 15 is 0 Å². The number of rotatable bonds is 3. The van der Waals surface area contributed by atoms with Crippen molar-refractivity contribution < 1.29 is 29.4 Å². The van der Waals surface area contributed by atoms with E-state index in [9.17, 15) is 4.79 Å². The highest BCUT2D eigenvalue weighted by Crippen LogP contribution is 2.16. The van der Waals surface area contributed by atoms with Crippen LogP contribution in [0.1, 0.15) is 24.8 Å². The summed E-state index contributed by atoms with van der Waals surface area (Å²) in [5.74, 6) is -0.505. The third-order valence-corrected chi connectivity index (χ3v) is 1.68. The Balaban J connectivity index is 2.45. The molecular formula is C12H15NO3. The maximum atomic E-state index is 11.4. The quantitative estimate of drug-likeness (QED) is 0.864. The second kappa shape index (κ2) is 4.43. The summed E-state index contributed by atoms with van der Waals surface area (Å²) >= 11 is 0. The van der Waals surface area contributed by atoms with Gasteiger partial charge in [0, 0.05) is 8.22 Å². The van der Waals surface area contributed by atoms with E-state index in [-0.39, 0.29) is 5.31 Å². The van der Waals surface area contributed by atoms with Crippen LogP contribution >= 0.6 is 0 Å². The molecule has 1 amide bonds. The molecule has 1 atom stereocenters. The summed E-state index contributed by atoms with van der Waals surface area (Å²) in [5, 5.41) is -0.189. The average molecular weight is 232 g/mol. The predicted octanol–water partition coefficient (Wildman–Crippen LogP) is 1.79. The molecule has 16 heavy (non-hydrogen) atoms. The molecule has 0 saturated carbocycles. The molecule has 1 saturated heterocycles. The van der Waals surface area contributed by atoms with Gasteiger partial charge in [-0.05, 0) is 37.0 Å². The van der Waals surface area contributed by atoms with Crippen LogP contribution in [0.15, 0.2) is 18.2 Å². The molecule has 1 unspecified atom stereocenters. The zero-order valence-electron chi connectivity index (χ0n) is 19.0. The minimum Gasteiger partial charge on any atom is -0.490 e. The highest BCUT2D eigenvalue weighted by atomic mass is 16.6. The van der Waals surface area contributed by atoms with Crippen molar-refractivity contribution in [3.05, 3.63) is 29.3 Å². The largest absolute Gasteiger partial charge is 0.490 e. The highest BCUT2D eigenvalue weighted by Gasteiger charge is 2.22. The maximum Gasteiger partial charge on any atom is 0.407 e. The maximum absolute atomic E-state index is 11.4. The average Bonchev–Trinajstić information content (AvgIpc) is 2.68. The second-order valence-corrected chi connectivity index (χ2v) is 2.97. The van der Waals surface area contributed by atoms with Gasteiger partial charge in [-0.15, -0.1) is 0 Å². The van der Waals surface area contributed by atoms with Gasteiger partial charge in [0.25, 0.3) is 0 Å². The Kier molecular flexibility index (Phi) is 1.01. The van der Waals surface area contributed by atoms with Crippen molar-refractivity contribution in [3.8, 4) is 5.75 Å². The SMILES string of the molecule is [2H]N1C(=O)OC(C([2H])([2H])Oc2cc(C([2H])([2H])[2H])cc(C([2H])([2H])[2H])c2)C1([2H])[2H]. The first-order valence-electron chi connectivity index (χ1n) is 9.76. The van der Waals surface area contributed by atoms with E-state index in [1.165, 1.54) is 0 Å². The lowest BCUT2D eigenvalue weighted by Crippen LogP contribution is -2.21. The van der Waals surface area contributed by atoms with Crippen molar-refractivity contribution in [1.29, 1.82) is 0 Å². The second-order valence-electron chi connectivity index (χ2n) is 2.97. The number of nitrogens with one attached hydrogen (secondary N) is 1. The Morgan fingerprint density at radius 1 is 1.69 bits per heavy atom. The van der Waals surface area contributed by atoms with Crippen LogP contribution in [-0.4, -0.2) is 25.3 Å². The molecular weight excluding hydrogens is 206 g/mol. The van der Waals surface area contributed by atoms with Crippen LogP contribution < -0.4 is 10.0 Å². The number of hydrogen-bond acceptors (Lipinski definition) is 3. The minimum atomic E-state index is -3.03. The van der Waals surface area contributed by atoms with E-state index < -0.39 is 55.8 Å². The first kappa shape index (κ1) is 3.65. The van der Waals surface area contributed by atoms with Gasteiger partial charge in [-0.1, -0.05) is 6.07 Å². The molecule has 1 fully saturated rings. The number of ether oxygens (including phenoxy) is 2. The number of aryl methyl sites for hydroxylation is 2. The number of alkyl carbamates (subject to hydrolysis) is 1. The Labute approximate surface area is 110 Å². The summed E-state index contributed by atoms with van der Waals surface area (Å²) in [4.78, 5) is 11.4. The van der Waals surface area contributed by atoms with Gasteiger partial charge >= 0.3 is 6.09 Å². The standard InChI is InChI=1S/C12H15NO3/c1-8-3-9(2)5-10(4-8)15-7-11-6-13-12(14)16-11/h3-5,11H,6-7H2,1-2H3,(H,13,14)/i1D3,2D3,6D2,7D2/hD. The van der Waals surface area contributed by atoms with Crippen molar-refractivity contribution in [1.82, 2.24) is 5.31 Å². The van der Waals surface area contributed by atoms with Gasteiger partial charge in [0.15, 0.2) is 7.52 Å². The van der Waals surface area contributed by atoms with E-state index in [4.69, 9.17) is 19.9 Å². The van der Waals surface area contributed by atoms with Crippen LogP contribution in [-0.2, 0) is 4.74 Å². The predicted molar refractivity (Wildman–Crippen MR) is 59.7 cm³/mol. The normalized spacial score (nSPS) is 35.5. The molecule has 2 rings (SSSR count). The van der Waals surface area contributed by atoms with E-state index in [0.29, 0.717) is 0 Å². The third kappa shape index (κ3) is 2.66. The van der Waals surface area contributed by atoms with Gasteiger partial charge in [0.2, 0.25) is 0 Å². The molecule has 1 N–H and O–H groups in total. The first-order valence-corrected chi connectivity index (χ1v) is 4.31. The van der Waals surface area contributed by atoms with Crippen LogP contribution in [0.4, 0.5) is 4.79 Å². The fourth-order valence-corrected chi connectivity index (χ4v) is 1.09. The summed E-state index contributed by atoms with van der Waals surface area (Å²) in [5.41, 5.74) is -0.842. The Hall–Kier alpha value is -1.71. The number of benzene rings is 1. The molecule has 0 aromatic heterocycles. The van der Waals surface area contributed by atoms with E-state index in [2.05, 4.69) is 4.74 Å². The van der Waals surface area contributed by atoms with Gasteiger partial charge in [-0.2, -0.15) is 0 Å². The number of carbonyl (C=O) groups excluding carboxylic acids is 1. The first-order chi connectivity index (χ1) is 12.0. The molecule has 4 nitrogen and oxygen atoms in total. The molecule has 1 heterocycles. The highest BCUT2D eigenvalue weighted by molar-refractivity contribution is 5.69. The molecule has 1 aliphatic rings. The lowest BCUT2D eigenvalue weighted by Gasteiger charge is -2.11. The molecule has 0 bridgehead atoms. The van der Waals surface area contributed by atoms with Crippen LogP contribution in [0.25, 0.3) is 0 Å². The molecule has 0 aliphatic carbocycles. The monoisotopic (exact) mass is 232 g/mol. The number of carbonyl (C=O) groups is 1. The van der Waals surface area contributed by atoms with Gasteiger partial charge in [-0.3, -0.25) is 0 Å². The van der Waals surface area contributed by atoms with Crippen molar-refractivity contribution in [2.75, 3.05) is 13.1 Å².